The summed E-state index contributed by atoms with van der Waals surface area (Å²) >= 11 is 0. The highest BCUT2D eigenvalue weighted by molar-refractivity contribution is 6.12. The Bertz CT molecular complexity index is 352. The van der Waals surface area contributed by atoms with Crippen molar-refractivity contribution in [3.8, 4) is 0 Å². The van der Waals surface area contributed by atoms with Gasteiger partial charge in [0.1, 0.15) is 5.56 Å². The zero-order valence-electron chi connectivity index (χ0n) is 7.69. The van der Waals surface area contributed by atoms with Crippen molar-refractivity contribution in [2.75, 3.05) is 7.11 Å². The molecule has 0 heterocycles. The molecule has 0 amide bonds. The smallest absolute Gasteiger partial charge is 0.308 e. The molecular weight excluding hydrogens is 180 g/mol. The fourth-order valence-electron chi connectivity index (χ4n) is 1.07. The van der Waals surface area contributed by atoms with Crippen LogP contribution in [0.2, 0.25) is 0 Å². The number of carbonyl (C=O) groups excluding carboxylic acids is 2. The minimum Gasteiger partial charge on any atom is -0.434 e. The van der Waals surface area contributed by atoms with Gasteiger partial charge < -0.3 is 4.74 Å². The molecule has 0 aliphatic heterocycles. The molecule has 0 fully saturated rings. The van der Waals surface area contributed by atoms with Crippen LogP contribution in [0.5, 0.6) is 0 Å². The van der Waals surface area contributed by atoms with E-state index < -0.39 is 0 Å². The standard InChI is InChI=1S/C11H9O3/c1-14-11(8-13)10(7-12)9-5-3-2-4-6-9/h2-6,8H,1H3/q+1/b11-10-. The van der Waals surface area contributed by atoms with Crippen molar-refractivity contribution in [2.24, 2.45) is 0 Å². The lowest BCUT2D eigenvalue weighted by molar-refractivity contribution is -0.107. The van der Waals surface area contributed by atoms with Crippen LogP contribution in [-0.2, 0) is 14.3 Å². The van der Waals surface area contributed by atoms with E-state index in [1.807, 2.05) is 6.07 Å². The van der Waals surface area contributed by atoms with Crippen LogP contribution in [-0.4, -0.2) is 19.7 Å². The maximum absolute atomic E-state index is 10.6. The van der Waals surface area contributed by atoms with Gasteiger partial charge in [-0.3, -0.25) is 4.79 Å². The topological polar surface area (TPSA) is 43.4 Å². The lowest BCUT2D eigenvalue weighted by Gasteiger charge is -1.92. The van der Waals surface area contributed by atoms with Crippen LogP contribution in [0.1, 0.15) is 5.56 Å². The fourth-order valence-corrected chi connectivity index (χ4v) is 1.07. The number of hydrogen-bond acceptors (Lipinski definition) is 3. The minimum absolute atomic E-state index is 0.00815. The summed E-state index contributed by atoms with van der Waals surface area (Å²) in [6.45, 7) is 0. The first-order valence-electron chi connectivity index (χ1n) is 4.00. The van der Waals surface area contributed by atoms with Crippen molar-refractivity contribution in [3.05, 3.63) is 41.7 Å². The summed E-state index contributed by atoms with van der Waals surface area (Å²) in [4.78, 5) is 21.2. The molecule has 0 aliphatic rings. The van der Waals surface area contributed by atoms with Gasteiger partial charge in [0, 0.05) is 12.1 Å². The summed E-state index contributed by atoms with van der Waals surface area (Å²) in [5, 5.41) is 0. The first kappa shape index (κ1) is 10.1. The van der Waals surface area contributed by atoms with E-state index in [0.717, 1.165) is 0 Å². The van der Waals surface area contributed by atoms with Crippen molar-refractivity contribution in [3.63, 3.8) is 0 Å². The van der Waals surface area contributed by atoms with Crippen LogP contribution >= 0.6 is 0 Å². The quantitative estimate of drug-likeness (QED) is 0.311. The first-order chi connectivity index (χ1) is 6.83. The third-order valence-corrected chi connectivity index (χ3v) is 1.74. The number of rotatable bonds is 4. The largest absolute Gasteiger partial charge is 0.434 e. The third kappa shape index (κ3) is 2.03. The van der Waals surface area contributed by atoms with E-state index in [0.29, 0.717) is 11.8 Å². The van der Waals surface area contributed by atoms with E-state index in [1.165, 1.54) is 7.11 Å². The predicted octanol–water partition coefficient (Wildman–Crippen LogP) is 1.35. The molecular formula is C11H9O3+. The maximum Gasteiger partial charge on any atom is 0.308 e. The van der Waals surface area contributed by atoms with Crippen molar-refractivity contribution < 1.29 is 14.3 Å². The summed E-state index contributed by atoms with van der Waals surface area (Å²) in [5.74, 6) is -0.00815. The Kier molecular flexibility index (Phi) is 3.53. The molecule has 0 unspecified atom stereocenters. The summed E-state index contributed by atoms with van der Waals surface area (Å²) in [5.41, 5.74) is 0.759. The van der Waals surface area contributed by atoms with Gasteiger partial charge in [-0.2, -0.15) is 0 Å². The van der Waals surface area contributed by atoms with Gasteiger partial charge in [0.25, 0.3) is 11.3 Å². The number of aldehydes is 1. The summed E-state index contributed by atoms with van der Waals surface area (Å²) < 4.78 is 4.76. The Balaban J connectivity index is 3.22. The van der Waals surface area contributed by atoms with Gasteiger partial charge in [-0.05, 0) is 12.1 Å². The molecule has 0 N–H and O–H groups in total. The fraction of sp³-hybridized carbons (Fsp3) is 0.0909. The van der Waals surface area contributed by atoms with Crippen molar-refractivity contribution in [1.82, 2.24) is 0 Å². The number of hydrogen-bond donors (Lipinski definition) is 0. The van der Waals surface area contributed by atoms with E-state index in [2.05, 4.69) is 0 Å². The van der Waals surface area contributed by atoms with E-state index >= 15 is 0 Å². The Morgan fingerprint density at radius 2 is 2.00 bits per heavy atom. The molecule has 3 nitrogen and oxygen atoms in total. The molecule has 1 aromatic carbocycles. The van der Waals surface area contributed by atoms with E-state index in [9.17, 15) is 9.59 Å². The van der Waals surface area contributed by atoms with Gasteiger partial charge in [-0.1, -0.05) is 6.07 Å². The zero-order chi connectivity index (χ0) is 10.4. The number of ether oxygens (including phenoxy) is 1. The van der Waals surface area contributed by atoms with Gasteiger partial charge >= 0.3 is 6.29 Å². The van der Waals surface area contributed by atoms with Gasteiger partial charge in [0.2, 0.25) is 6.29 Å². The van der Waals surface area contributed by atoms with Gasteiger partial charge in [-0.15, -0.1) is 4.79 Å². The molecule has 0 bridgehead atoms. The summed E-state index contributed by atoms with van der Waals surface area (Å²) in [6, 6.07) is 8.78. The van der Waals surface area contributed by atoms with Crippen molar-refractivity contribution in [2.45, 2.75) is 0 Å². The Morgan fingerprint density at radius 3 is 2.43 bits per heavy atom. The molecule has 3 heteroatoms. The van der Waals surface area contributed by atoms with E-state index in [-0.39, 0.29) is 11.3 Å². The minimum atomic E-state index is -0.00815. The summed E-state index contributed by atoms with van der Waals surface area (Å²) in [6.07, 6.45) is 2.19. The highest BCUT2D eigenvalue weighted by Crippen LogP contribution is 2.15. The highest BCUT2D eigenvalue weighted by atomic mass is 16.5. The zero-order valence-corrected chi connectivity index (χ0v) is 7.69. The van der Waals surface area contributed by atoms with E-state index in [1.54, 1.807) is 30.6 Å². The van der Waals surface area contributed by atoms with Crippen molar-refractivity contribution in [1.29, 1.82) is 0 Å². The molecule has 0 aromatic heterocycles. The average molecular weight is 189 g/mol. The lowest BCUT2D eigenvalue weighted by Crippen LogP contribution is -1.96. The average Bonchev–Trinajstić information content (AvgIpc) is 2.27. The lowest BCUT2D eigenvalue weighted by atomic mass is 10.1. The molecule has 0 aliphatic carbocycles. The van der Waals surface area contributed by atoms with Crippen molar-refractivity contribution >= 4 is 18.1 Å². The molecule has 70 valence electrons. The highest BCUT2D eigenvalue weighted by Gasteiger charge is 2.20. The van der Waals surface area contributed by atoms with Gasteiger partial charge in [0.15, 0.2) is 0 Å². The summed E-state index contributed by atoms with van der Waals surface area (Å²) in [7, 11) is 1.34. The molecule has 1 rings (SSSR count). The number of carbonyl (C=O) groups is 1. The number of allylic oxidation sites excluding steroid dienone is 2. The van der Waals surface area contributed by atoms with Crippen LogP contribution in [0.15, 0.2) is 36.1 Å². The Morgan fingerprint density at radius 1 is 1.36 bits per heavy atom. The second-order valence-electron chi connectivity index (χ2n) is 2.53. The molecule has 14 heavy (non-hydrogen) atoms. The Labute approximate surface area is 82.0 Å². The third-order valence-electron chi connectivity index (χ3n) is 1.74. The molecule has 0 saturated carbocycles. The predicted molar refractivity (Wildman–Crippen MR) is 52.1 cm³/mol. The van der Waals surface area contributed by atoms with Crippen LogP contribution in [0.4, 0.5) is 0 Å². The molecule has 0 spiro atoms. The monoisotopic (exact) mass is 189 g/mol. The van der Waals surface area contributed by atoms with Crippen LogP contribution in [0.25, 0.3) is 5.57 Å². The molecule has 0 saturated heterocycles. The molecule has 0 atom stereocenters. The first-order valence-corrected chi connectivity index (χ1v) is 4.00. The Hall–Kier alpha value is -1.99. The van der Waals surface area contributed by atoms with Crippen LogP contribution < -0.4 is 0 Å². The molecule has 0 radical (unpaired) electrons. The van der Waals surface area contributed by atoms with E-state index in [4.69, 9.17) is 4.74 Å². The maximum atomic E-state index is 10.6. The SMILES string of the molecule is CO/C(C=O)=C(/[C+]=O)c1ccccc1. The van der Waals surface area contributed by atoms with Gasteiger partial charge in [-0.25, -0.2) is 0 Å². The van der Waals surface area contributed by atoms with Crippen LogP contribution in [0, 0.1) is 0 Å². The second-order valence-corrected chi connectivity index (χ2v) is 2.53. The van der Waals surface area contributed by atoms with Gasteiger partial charge in [0.05, 0.1) is 7.11 Å². The van der Waals surface area contributed by atoms with Crippen LogP contribution in [0.3, 0.4) is 0 Å². The molecule has 1 aromatic rings. The normalized spacial score (nSPS) is 11.2. The number of methoxy groups -OCH3 is 1. The second kappa shape index (κ2) is 4.90. The number of benzene rings is 1.